The fourth-order valence-electron chi connectivity index (χ4n) is 2.97. The summed E-state index contributed by atoms with van der Waals surface area (Å²) < 4.78 is 2.05. The number of nitrogens with zero attached hydrogens (tertiary/aromatic N) is 3. The van der Waals surface area contributed by atoms with Crippen LogP contribution in [0.1, 0.15) is 31.1 Å². The van der Waals surface area contributed by atoms with Crippen LogP contribution in [-0.2, 0) is 5.54 Å². The van der Waals surface area contributed by atoms with Crippen molar-refractivity contribution in [3.8, 4) is 0 Å². The van der Waals surface area contributed by atoms with Crippen LogP contribution in [0.2, 0.25) is 0 Å². The van der Waals surface area contributed by atoms with E-state index in [4.69, 9.17) is 0 Å². The van der Waals surface area contributed by atoms with Crippen LogP contribution in [0.4, 0.5) is 11.4 Å². The van der Waals surface area contributed by atoms with Crippen LogP contribution >= 0.6 is 0 Å². The van der Waals surface area contributed by atoms with Crippen LogP contribution < -0.4 is 10.2 Å². The number of hydrogen-bond acceptors (Lipinski definition) is 3. The summed E-state index contributed by atoms with van der Waals surface area (Å²) in [6.07, 6.45) is 3.85. The van der Waals surface area contributed by atoms with Gasteiger partial charge in [-0.2, -0.15) is 0 Å². The van der Waals surface area contributed by atoms with Gasteiger partial charge in [0.25, 0.3) is 5.91 Å². The molecule has 0 unspecified atom stereocenters. The molecule has 0 atom stereocenters. The van der Waals surface area contributed by atoms with E-state index in [1.807, 2.05) is 30.6 Å². The third kappa shape index (κ3) is 4.23. The van der Waals surface area contributed by atoms with Crippen molar-refractivity contribution in [3.63, 3.8) is 0 Å². The number of hydrogen-bond donors (Lipinski definition) is 1. The average molecular weight is 340 g/mol. The van der Waals surface area contributed by atoms with Gasteiger partial charge in [-0.05, 0) is 58.2 Å². The average Bonchev–Trinajstić information content (AvgIpc) is 3.07. The van der Waals surface area contributed by atoms with Crippen LogP contribution in [0.25, 0.3) is 0 Å². The van der Waals surface area contributed by atoms with E-state index in [-0.39, 0.29) is 11.4 Å². The van der Waals surface area contributed by atoms with E-state index in [1.54, 1.807) is 0 Å². The van der Waals surface area contributed by atoms with Gasteiger partial charge in [0.05, 0.1) is 5.56 Å². The van der Waals surface area contributed by atoms with Crippen LogP contribution in [-0.4, -0.2) is 48.6 Å². The van der Waals surface area contributed by atoms with Crippen molar-refractivity contribution in [2.75, 3.05) is 43.4 Å². The number of rotatable bonds is 3. The Hall–Kier alpha value is -2.27. The molecule has 0 aliphatic carbocycles. The van der Waals surface area contributed by atoms with E-state index in [1.165, 1.54) is 5.69 Å². The Labute approximate surface area is 150 Å². The van der Waals surface area contributed by atoms with Crippen molar-refractivity contribution >= 4 is 17.3 Å². The molecule has 1 aromatic heterocycles. The zero-order chi connectivity index (χ0) is 18.0. The van der Waals surface area contributed by atoms with Gasteiger partial charge in [0.15, 0.2) is 0 Å². The number of anilines is 2. The SMILES string of the molecule is CN1CCN(c2ccc(NC(=O)c3ccn(C(C)(C)C)c3)cc2)CC1. The normalized spacial score (nSPS) is 16.1. The highest BCUT2D eigenvalue weighted by Crippen LogP contribution is 2.20. The molecule has 1 fully saturated rings. The highest BCUT2D eigenvalue weighted by Gasteiger charge is 2.16. The molecule has 1 saturated heterocycles. The zero-order valence-corrected chi connectivity index (χ0v) is 15.6. The Morgan fingerprint density at radius 3 is 2.20 bits per heavy atom. The Bertz CT molecular complexity index is 719. The van der Waals surface area contributed by atoms with E-state index >= 15 is 0 Å². The zero-order valence-electron chi connectivity index (χ0n) is 15.6. The monoisotopic (exact) mass is 340 g/mol. The van der Waals surface area contributed by atoms with Crippen molar-refractivity contribution in [2.24, 2.45) is 0 Å². The maximum absolute atomic E-state index is 12.4. The number of nitrogens with one attached hydrogen (secondary N) is 1. The van der Waals surface area contributed by atoms with Crippen molar-refractivity contribution in [1.82, 2.24) is 9.47 Å². The highest BCUT2D eigenvalue weighted by atomic mass is 16.1. The lowest BCUT2D eigenvalue weighted by Gasteiger charge is -2.34. The third-order valence-electron chi connectivity index (χ3n) is 4.72. The molecule has 25 heavy (non-hydrogen) atoms. The summed E-state index contributed by atoms with van der Waals surface area (Å²) >= 11 is 0. The number of benzene rings is 1. The maximum Gasteiger partial charge on any atom is 0.257 e. The van der Waals surface area contributed by atoms with Gasteiger partial charge in [-0.15, -0.1) is 0 Å². The molecule has 1 aliphatic heterocycles. The topological polar surface area (TPSA) is 40.5 Å². The number of carbonyl (C=O) groups is 1. The van der Waals surface area contributed by atoms with E-state index in [0.717, 1.165) is 31.9 Å². The minimum Gasteiger partial charge on any atom is -0.369 e. The van der Waals surface area contributed by atoms with Crippen LogP contribution in [0.3, 0.4) is 0 Å². The second-order valence-corrected chi connectivity index (χ2v) is 7.77. The molecule has 2 aromatic rings. The van der Waals surface area contributed by atoms with Gasteiger partial charge in [-0.3, -0.25) is 4.79 Å². The van der Waals surface area contributed by atoms with E-state index in [9.17, 15) is 4.79 Å². The highest BCUT2D eigenvalue weighted by molar-refractivity contribution is 6.04. The van der Waals surface area contributed by atoms with Crippen LogP contribution in [0.5, 0.6) is 0 Å². The first-order chi connectivity index (χ1) is 11.8. The first-order valence-electron chi connectivity index (χ1n) is 8.86. The molecule has 1 amide bonds. The maximum atomic E-state index is 12.4. The molecule has 0 bridgehead atoms. The van der Waals surface area contributed by atoms with E-state index in [2.05, 4.69) is 59.6 Å². The summed E-state index contributed by atoms with van der Waals surface area (Å²) in [6.45, 7) is 10.6. The number of piperazine rings is 1. The largest absolute Gasteiger partial charge is 0.369 e. The summed E-state index contributed by atoms with van der Waals surface area (Å²) in [5.74, 6) is -0.0738. The Morgan fingerprint density at radius 1 is 1.00 bits per heavy atom. The van der Waals surface area contributed by atoms with E-state index < -0.39 is 0 Å². The molecule has 0 saturated carbocycles. The summed E-state index contributed by atoms with van der Waals surface area (Å²) in [5, 5.41) is 2.98. The first kappa shape index (κ1) is 17.5. The van der Waals surface area contributed by atoms with Crippen molar-refractivity contribution in [3.05, 3.63) is 48.3 Å². The van der Waals surface area contributed by atoms with Gasteiger partial charge in [0.1, 0.15) is 0 Å². The smallest absolute Gasteiger partial charge is 0.257 e. The van der Waals surface area contributed by atoms with Gasteiger partial charge in [0.2, 0.25) is 0 Å². The van der Waals surface area contributed by atoms with Gasteiger partial charge in [0, 0.05) is 55.5 Å². The van der Waals surface area contributed by atoms with E-state index in [0.29, 0.717) is 5.56 Å². The molecule has 5 nitrogen and oxygen atoms in total. The van der Waals surface area contributed by atoms with Crippen LogP contribution in [0, 0.1) is 0 Å². The van der Waals surface area contributed by atoms with Gasteiger partial charge < -0.3 is 19.7 Å². The molecular weight excluding hydrogens is 312 g/mol. The molecule has 0 radical (unpaired) electrons. The number of aromatic nitrogens is 1. The third-order valence-corrected chi connectivity index (χ3v) is 4.72. The predicted molar refractivity (Wildman–Crippen MR) is 104 cm³/mol. The molecule has 0 spiro atoms. The minimum absolute atomic E-state index is 0.0251. The van der Waals surface area contributed by atoms with Crippen molar-refractivity contribution < 1.29 is 4.79 Å². The molecule has 5 heteroatoms. The van der Waals surface area contributed by atoms with Gasteiger partial charge in [-0.25, -0.2) is 0 Å². The summed E-state index contributed by atoms with van der Waals surface area (Å²) in [6, 6.07) is 9.99. The fraction of sp³-hybridized carbons (Fsp3) is 0.450. The lowest BCUT2D eigenvalue weighted by atomic mass is 10.1. The summed E-state index contributed by atoms with van der Waals surface area (Å²) in [5.41, 5.74) is 2.69. The first-order valence-corrected chi connectivity index (χ1v) is 8.86. The Morgan fingerprint density at radius 2 is 1.64 bits per heavy atom. The molecule has 1 aliphatic rings. The second kappa shape index (κ2) is 6.92. The molecule has 2 heterocycles. The Balaban J connectivity index is 1.63. The lowest BCUT2D eigenvalue weighted by Crippen LogP contribution is -2.44. The number of amides is 1. The Kier molecular flexibility index (Phi) is 4.86. The lowest BCUT2D eigenvalue weighted by molar-refractivity contribution is 0.102. The number of carbonyl (C=O) groups excluding carboxylic acids is 1. The van der Waals surface area contributed by atoms with Gasteiger partial charge in [-0.1, -0.05) is 0 Å². The van der Waals surface area contributed by atoms with Crippen molar-refractivity contribution in [1.29, 1.82) is 0 Å². The van der Waals surface area contributed by atoms with Crippen LogP contribution in [0.15, 0.2) is 42.7 Å². The predicted octanol–water partition coefficient (Wildman–Crippen LogP) is 3.25. The van der Waals surface area contributed by atoms with Crippen molar-refractivity contribution in [2.45, 2.75) is 26.3 Å². The number of likely N-dealkylation sites (N-methyl/N-ethyl adjacent to an activating group) is 1. The summed E-state index contributed by atoms with van der Waals surface area (Å²) in [7, 11) is 2.16. The minimum atomic E-state index is -0.0738. The van der Waals surface area contributed by atoms with Gasteiger partial charge >= 0.3 is 0 Å². The quantitative estimate of drug-likeness (QED) is 0.932. The molecule has 134 valence electrons. The summed E-state index contributed by atoms with van der Waals surface area (Å²) in [4.78, 5) is 17.2. The molecule has 3 rings (SSSR count). The second-order valence-electron chi connectivity index (χ2n) is 7.77. The molecular formula is C20H28N4O. The molecule has 1 aromatic carbocycles. The standard InChI is InChI=1S/C20H28N4O/c1-20(2,3)24-10-9-16(15-24)19(25)21-17-5-7-18(8-6-17)23-13-11-22(4)12-14-23/h5-10,15H,11-14H2,1-4H3,(H,21,25). The molecule has 1 N–H and O–H groups in total. The fourth-order valence-corrected chi connectivity index (χ4v) is 2.97.